The number of halogens is 1. The van der Waals surface area contributed by atoms with Gasteiger partial charge in [-0.3, -0.25) is 4.90 Å². The summed E-state index contributed by atoms with van der Waals surface area (Å²) >= 11 is 0. The third-order valence-corrected chi connectivity index (χ3v) is 9.26. The highest BCUT2D eigenvalue weighted by molar-refractivity contribution is 7.96. The van der Waals surface area contributed by atoms with Crippen molar-refractivity contribution in [2.45, 2.75) is 23.1 Å². The molecule has 1 amide bonds. The number of rotatable bonds is 4. The minimum absolute atomic E-state index is 0.0915. The second kappa shape index (κ2) is 7.96. The maximum absolute atomic E-state index is 13.2. The lowest BCUT2D eigenvalue weighted by atomic mass is 10.2. The molecule has 156 valence electrons. The van der Waals surface area contributed by atoms with Crippen LogP contribution in [0.1, 0.15) is 6.92 Å². The van der Waals surface area contributed by atoms with Crippen molar-refractivity contribution in [3.05, 3.63) is 30.1 Å². The summed E-state index contributed by atoms with van der Waals surface area (Å²) in [7, 11) is -7.49. The van der Waals surface area contributed by atoms with E-state index in [2.05, 4.69) is 0 Å². The fourth-order valence-corrected chi connectivity index (χ4v) is 8.51. The van der Waals surface area contributed by atoms with Crippen LogP contribution < -0.4 is 0 Å². The molecule has 0 saturated carbocycles. The highest BCUT2D eigenvalue weighted by Gasteiger charge is 2.48. The van der Waals surface area contributed by atoms with Crippen LogP contribution in [0.4, 0.5) is 9.18 Å². The Morgan fingerprint density at radius 2 is 1.75 bits per heavy atom. The van der Waals surface area contributed by atoms with E-state index in [1.54, 1.807) is 6.92 Å². The standard InChI is InChI=1S/C17H23FN2O6S2/c1-2-26-17(21)20-9-7-19(8-10-20)15-11-27(22,23)12-16(15)28(24,25)14-5-3-13(18)4-6-14/h3-6,15-16H,2,7-12H2,1H3. The van der Waals surface area contributed by atoms with Crippen LogP contribution in [0.25, 0.3) is 0 Å². The van der Waals surface area contributed by atoms with Crippen LogP contribution >= 0.6 is 0 Å². The van der Waals surface area contributed by atoms with Gasteiger partial charge in [-0.15, -0.1) is 0 Å². The van der Waals surface area contributed by atoms with Gasteiger partial charge in [0, 0.05) is 32.2 Å². The molecule has 1 aromatic carbocycles. The Hall–Kier alpha value is -1.72. The number of hydrogen-bond donors (Lipinski definition) is 0. The third kappa shape index (κ3) is 4.31. The van der Waals surface area contributed by atoms with Gasteiger partial charge in [0.05, 0.1) is 28.3 Å². The predicted molar refractivity (Wildman–Crippen MR) is 100.0 cm³/mol. The van der Waals surface area contributed by atoms with E-state index < -0.39 is 48.6 Å². The molecule has 11 heteroatoms. The van der Waals surface area contributed by atoms with Crippen molar-refractivity contribution in [1.82, 2.24) is 9.80 Å². The summed E-state index contributed by atoms with van der Waals surface area (Å²) in [6.45, 7) is 3.35. The van der Waals surface area contributed by atoms with E-state index in [1.807, 2.05) is 4.90 Å². The smallest absolute Gasteiger partial charge is 0.409 e. The van der Waals surface area contributed by atoms with Gasteiger partial charge in [-0.1, -0.05) is 0 Å². The molecule has 2 aliphatic heterocycles. The number of carbonyl (C=O) groups is 1. The Morgan fingerprint density at radius 3 is 2.32 bits per heavy atom. The van der Waals surface area contributed by atoms with Gasteiger partial charge in [-0.05, 0) is 31.2 Å². The number of hydrogen-bond acceptors (Lipinski definition) is 7. The number of piperazine rings is 1. The van der Waals surface area contributed by atoms with Crippen molar-refractivity contribution >= 4 is 25.8 Å². The molecule has 2 unspecified atom stereocenters. The first-order chi connectivity index (χ1) is 13.1. The number of sulfone groups is 2. The summed E-state index contributed by atoms with van der Waals surface area (Å²) in [6, 6.07) is 3.70. The molecule has 8 nitrogen and oxygen atoms in total. The Balaban J connectivity index is 1.80. The second-order valence-corrected chi connectivity index (χ2v) is 11.2. The van der Waals surface area contributed by atoms with Crippen molar-refractivity contribution < 1.29 is 30.8 Å². The van der Waals surface area contributed by atoms with Crippen LogP contribution in [0, 0.1) is 5.82 Å². The average molecular weight is 435 g/mol. The van der Waals surface area contributed by atoms with Crippen molar-refractivity contribution in [2.24, 2.45) is 0 Å². The van der Waals surface area contributed by atoms with Gasteiger partial charge in [0.2, 0.25) is 0 Å². The molecule has 2 fully saturated rings. The molecule has 2 aliphatic rings. The Labute approximate surface area is 164 Å². The van der Waals surface area contributed by atoms with Crippen LogP contribution in [-0.2, 0) is 24.4 Å². The van der Waals surface area contributed by atoms with E-state index in [-0.39, 0.29) is 17.3 Å². The first-order valence-electron chi connectivity index (χ1n) is 8.99. The lowest BCUT2D eigenvalue weighted by Crippen LogP contribution is -2.55. The summed E-state index contributed by atoms with van der Waals surface area (Å²) < 4.78 is 68.7. The molecular weight excluding hydrogens is 411 g/mol. The van der Waals surface area contributed by atoms with Crippen LogP contribution in [0.15, 0.2) is 29.2 Å². The first-order valence-corrected chi connectivity index (χ1v) is 12.4. The SMILES string of the molecule is CCOC(=O)N1CCN(C2CS(=O)(=O)CC2S(=O)(=O)c2ccc(F)cc2)CC1. The molecule has 0 aromatic heterocycles. The van der Waals surface area contributed by atoms with E-state index in [4.69, 9.17) is 4.74 Å². The molecule has 2 heterocycles. The molecule has 2 saturated heterocycles. The van der Waals surface area contributed by atoms with Gasteiger partial charge < -0.3 is 9.64 Å². The van der Waals surface area contributed by atoms with Crippen LogP contribution in [-0.4, -0.2) is 88.3 Å². The lowest BCUT2D eigenvalue weighted by Gasteiger charge is -2.38. The highest BCUT2D eigenvalue weighted by atomic mass is 32.2. The van der Waals surface area contributed by atoms with Gasteiger partial charge in [-0.2, -0.15) is 0 Å². The number of ether oxygens (including phenoxy) is 1. The molecule has 0 N–H and O–H groups in total. The Bertz CT molecular complexity index is 925. The van der Waals surface area contributed by atoms with Gasteiger partial charge in [0.25, 0.3) is 0 Å². The quantitative estimate of drug-likeness (QED) is 0.638. The normalized spacial score (nSPS) is 25.6. The van der Waals surface area contributed by atoms with E-state index in [1.165, 1.54) is 4.90 Å². The van der Waals surface area contributed by atoms with Crippen LogP contribution in [0.3, 0.4) is 0 Å². The van der Waals surface area contributed by atoms with Crippen LogP contribution in [0.5, 0.6) is 0 Å². The molecule has 1 aromatic rings. The zero-order valence-electron chi connectivity index (χ0n) is 15.5. The molecule has 3 rings (SSSR count). The Morgan fingerprint density at radius 1 is 1.14 bits per heavy atom. The number of carbonyl (C=O) groups excluding carboxylic acids is 1. The molecule has 28 heavy (non-hydrogen) atoms. The van der Waals surface area contributed by atoms with E-state index in [9.17, 15) is 26.0 Å². The number of amides is 1. The van der Waals surface area contributed by atoms with Crippen molar-refractivity contribution in [2.75, 3.05) is 44.3 Å². The minimum Gasteiger partial charge on any atom is -0.450 e. The molecular formula is C17H23FN2O6S2. The Kier molecular flexibility index (Phi) is 5.97. The molecule has 0 radical (unpaired) electrons. The largest absolute Gasteiger partial charge is 0.450 e. The number of benzene rings is 1. The van der Waals surface area contributed by atoms with Crippen LogP contribution in [0.2, 0.25) is 0 Å². The minimum atomic E-state index is -3.96. The molecule has 2 atom stereocenters. The van der Waals surface area contributed by atoms with Gasteiger partial charge in [0.1, 0.15) is 5.82 Å². The maximum atomic E-state index is 13.2. The summed E-state index contributed by atoms with van der Waals surface area (Å²) in [4.78, 5) is 15.1. The summed E-state index contributed by atoms with van der Waals surface area (Å²) in [6.07, 6.45) is -0.434. The number of nitrogens with zero attached hydrogens (tertiary/aromatic N) is 2. The van der Waals surface area contributed by atoms with Crippen molar-refractivity contribution in [1.29, 1.82) is 0 Å². The summed E-state index contributed by atoms with van der Waals surface area (Å²) in [5.74, 6) is -1.28. The third-order valence-electron chi connectivity index (χ3n) is 5.12. The summed E-state index contributed by atoms with van der Waals surface area (Å²) in [5, 5.41) is -1.13. The fourth-order valence-electron chi connectivity index (χ4n) is 3.68. The lowest BCUT2D eigenvalue weighted by molar-refractivity contribution is 0.0700. The summed E-state index contributed by atoms with van der Waals surface area (Å²) in [5.41, 5.74) is 0. The zero-order valence-corrected chi connectivity index (χ0v) is 17.1. The van der Waals surface area contributed by atoms with Crippen molar-refractivity contribution in [3.8, 4) is 0 Å². The monoisotopic (exact) mass is 434 g/mol. The highest BCUT2D eigenvalue weighted by Crippen LogP contribution is 2.29. The maximum Gasteiger partial charge on any atom is 0.409 e. The van der Waals surface area contributed by atoms with E-state index in [0.717, 1.165) is 24.3 Å². The van der Waals surface area contributed by atoms with Gasteiger partial charge in [0.15, 0.2) is 19.7 Å². The fraction of sp³-hybridized carbons (Fsp3) is 0.588. The molecule has 0 spiro atoms. The van der Waals surface area contributed by atoms with E-state index >= 15 is 0 Å². The topological polar surface area (TPSA) is 101 Å². The van der Waals surface area contributed by atoms with Gasteiger partial charge in [-0.25, -0.2) is 26.0 Å². The molecule has 0 bridgehead atoms. The van der Waals surface area contributed by atoms with Gasteiger partial charge >= 0.3 is 6.09 Å². The second-order valence-electron chi connectivity index (χ2n) is 6.90. The predicted octanol–water partition coefficient (Wildman–Crippen LogP) is 0.539. The van der Waals surface area contributed by atoms with E-state index in [0.29, 0.717) is 26.2 Å². The average Bonchev–Trinajstić information content (AvgIpc) is 2.99. The first kappa shape index (κ1) is 21.0. The molecule has 0 aliphatic carbocycles. The van der Waals surface area contributed by atoms with Crippen molar-refractivity contribution in [3.63, 3.8) is 0 Å². The zero-order chi connectivity index (χ0) is 20.5.